The Morgan fingerprint density at radius 3 is 2.29 bits per heavy atom. The molecule has 2 rings (SSSR count). The van der Waals surface area contributed by atoms with Gasteiger partial charge in [-0.05, 0) is 11.1 Å². The third kappa shape index (κ3) is 4.16. The van der Waals surface area contributed by atoms with Gasteiger partial charge in [0.2, 0.25) is 0 Å². The summed E-state index contributed by atoms with van der Waals surface area (Å²) in [5.41, 5.74) is 4.61. The smallest absolute Gasteiger partial charge is 0.0722 e. The number of benzene rings is 1. The fourth-order valence-corrected chi connectivity index (χ4v) is 2.40. The minimum Gasteiger partial charge on any atom is -0.392 e. The lowest BCUT2D eigenvalue weighted by atomic mass is 9.89. The van der Waals surface area contributed by atoms with Crippen LogP contribution in [0, 0.1) is 0 Å². The van der Waals surface area contributed by atoms with Crippen LogP contribution in [0.5, 0.6) is 0 Å². The Morgan fingerprint density at radius 1 is 1.10 bits per heavy atom. The number of rotatable bonds is 5. The Bertz CT molecular complexity index is 579. The molecule has 2 aromatic rings. The molecule has 1 aromatic heterocycles. The van der Waals surface area contributed by atoms with Crippen molar-refractivity contribution in [2.24, 2.45) is 7.05 Å². The molecule has 1 aromatic carbocycles. The van der Waals surface area contributed by atoms with Crippen molar-refractivity contribution >= 4 is 0 Å². The number of nitrogens with one attached hydrogen (secondary N) is 1. The number of aliphatic hydroxyl groups excluding tert-OH is 1. The van der Waals surface area contributed by atoms with Gasteiger partial charge in [-0.25, -0.2) is 0 Å². The first-order chi connectivity index (χ1) is 9.90. The zero-order valence-electron chi connectivity index (χ0n) is 13.3. The lowest BCUT2D eigenvalue weighted by Crippen LogP contribution is -2.19. The number of aromatic nitrogens is 2. The van der Waals surface area contributed by atoms with Crippen LogP contribution in [0.15, 0.2) is 30.5 Å². The van der Waals surface area contributed by atoms with Crippen molar-refractivity contribution in [1.29, 1.82) is 0 Å². The Labute approximate surface area is 126 Å². The molecule has 0 saturated heterocycles. The predicted octanol–water partition coefficient (Wildman–Crippen LogP) is 2.50. The molecule has 0 aliphatic heterocycles. The summed E-state index contributed by atoms with van der Waals surface area (Å²) in [5.74, 6) is 0. The summed E-state index contributed by atoms with van der Waals surface area (Å²) in [7, 11) is 1.96. The highest BCUT2D eigenvalue weighted by Crippen LogP contribution is 2.24. The quantitative estimate of drug-likeness (QED) is 0.888. The van der Waals surface area contributed by atoms with E-state index in [1.807, 2.05) is 36.0 Å². The zero-order valence-corrected chi connectivity index (χ0v) is 13.3. The van der Waals surface area contributed by atoms with E-state index in [0.29, 0.717) is 0 Å². The molecule has 0 atom stereocenters. The number of hydrogen-bond acceptors (Lipinski definition) is 3. The van der Waals surface area contributed by atoms with Crippen LogP contribution in [-0.2, 0) is 32.2 Å². The highest BCUT2D eigenvalue weighted by molar-refractivity contribution is 5.25. The molecule has 2 N–H and O–H groups in total. The first-order valence-corrected chi connectivity index (χ1v) is 7.32. The van der Waals surface area contributed by atoms with E-state index in [4.69, 9.17) is 5.11 Å². The standard InChI is InChI=1S/C17H25N3O/c1-17(2,3)16-15(11-20(4)19-16)10-18-9-13-5-7-14(12-21)8-6-13/h5-8,11,18,21H,9-10,12H2,1-4H3. The van der Waals surface area contributed by atoms with E-state index in [1.165, 1.54) is 11.1 Å². The summed E-state index contributed by atoms with van der Waals surface area (Å²) < 4.78 is 1.88. The van der Waals surface area contributed by atoms with E-state index >= 15 is 0 Å². The normalized spacial score (nSPS) is 11.9. The summed E-state index contributed by atoms with van der Waals surface area (Å²) in [6, 6.07) is 8.02. The van der Waals surface area contributed by atoms with Gasteiger partial charge in [-0.1, -0.05) is 45.0 Å². The minimum atomic E-state index is 0.0566. The molecule has 0 radical (unpaired) electrons. The lowest BCUT2D eigenvalue weighted by molar-refractivity contribution is 0.282. The monoisotopic (exact) mass is 287 g/mol. The average molecular weight is 287 g/mol. The van der Waals surface area contributed by atoms with Gasteiger partial charge in [0.05, 0.1) is 12.3 Å². The second kappa shape index (κ2) is 6.41. The molecule has 0 bridgehead atoms. The number of nitrogens with zero attached hydrogens (tertiary/aromatic N) is 2. The van der Waals surface area contributed by atoms with Gasteiger partial charge >= 0.3 is 0 Å². The Kier molecular flexibility index (Phi) is 4.80. The van der Waals surface area contributed by atoms with E-state index in [1.54, 1.807) is 0 Å². The van der Waals surface area contributed by atoms with Crippen LogP contribution in [0.1, 0.15) is 43.2 Å². The molecule has 0 fully saturated rings. The van der Waals surface area contributed by atoms with Crippen LogP contribution in [0.4, 0.5) is 0 Å². The molecule has 114 valence electrons. The Hall–Kier alpha value is -1.65. The number of hydrogen-bond donors (Lipinski definition) is 2. The Morgan fingerprint density at radius 2 is 1.71 bits per heavy atom. The molecule has 0 aliphatic carbocycles. The van der Waals surface area contributed by atoms with E-state index in [9.17, 15) is 0 Å². The van der Waals surface area contributed by atoms with Crippen molar-refractivity contribution in [3.8, 4) is 0 Å². The van der Waals surface area contributed by atoms with Crippen LogP contribution < -0.4 is 5.32 Å². The fourth-order valence-electron chi connectivity index (χ4n) is 2.40. The van der Waals surface area contributed by atoms with Gasteiger partial charge in [-0.3, -0.25) is 4.68 Å². The van der Waals surface area contributed by atoms with Gasteiger partial charge in [-0.15, -0.1) is 0 Å². The van der Waals surface area contributed by atoms with Crippen LogP contribution in [-0.4, -0.2) is 14.9 Å². The van der Waals surface area contributed by atoms with Crippen molar-refractivity contribution in [3.63, 3.8) is 0 Å². The summed E-state index contributed by atoms with van der Waals surface area (Å²) >= 11 is 0. The SMILES string of the molecule is Cn1cc(CNCc2ccc(CO)cc2)c(C(C)(C)C)n1. The van der Waals surface area contributed by atoms with Crippen molar-refractivity contribution in [2.75, 3.05) is 0 Å². The fraction of sp³-hybridized carbons (Fsp3) is 0.471. The van der Waals surface area contributed by atoms with Gasteiger partial charge in [0, 0.05) is 37.3 Å². The first kappa shape index (κ1) is 15.7. The van der Waals surface area contributed by atoms with E-state index in [0.717, 1.165) is 24.3 Å². The third-order valence-electron chi connectivity index (χ3n) is 3.47. The predicted molar refractivity (Wildman–Crippen MR) is 84.8 cm³/mol. The lowest BCUT2D eigenvalue weighted by Gasteiger charge is -2.17. The second-order valence-corrected chi connectivity index (χ2v) is 6.50. The molecular formula is C17H25N3O. The first-order valence-electron chi connectivity index (χ1n) is 7.32. The summed E-state index contributed by atoms with van der Waals surface area (Å²) in [6.07, 6.45) is 2.09. The molecule has 0 aliphatic rings. The molecule has 1 heterocycles. The van der Waals surface area contributed by atoms with Gasteiger partial charge < -0.3 is 10.4 Å². The molecule has 0 spiro atoms. The summed E-state index contributed by atoms with van der Waals surface area (Å²) in [4.78, 5) is 0. The van der Waals surface area contributed by atoms with Crippen molar-refractivity contribution in [2.45, 2.75) is 45.9 Å². The van der Waals surface area contributed by atoms with Crippen LogP contribution in [0.2, 0.25) is 0 Å². The summed E-state index contributed by atoms with van der Waals surface area (Å²) in [6.45, 7) is 8.27. The maximum absolute atomic E-state index is 9.04. The van der Waals surface area contributed by atoms with Gasteiger partial charge in [0.15, 0.2) is 0 Å². The maximum atomic E-state index is 9.04. The van der Waals surface area contributed by atoms with Crippen LogP contribution in [0.25, 0.3) is 0 Å². The topological polar surface area (TPSA) is 50.1 Å². The van der Waals surface area contributed by atoms with E-state index in [-0.39, 0.29) is 12.0 Å². The summed E-state index contributed by atoms with van der Waals surface area (Å²) in [5, 5.41) is 17.1. The van der Waals surface area contributed by atoms with Crippen molar-refractivity contribution < 1.29 is 5.11 Å². The van der Waals surface area contributed by atoms with Crippen molar-refractivity contribution in [1.82, 2.24) is 15.1 Å². The maximum Gasteiger partial charge on any atom is 0.0722 e. The number of aliphatic hydroxyl groups is 1. The van der Waals surface area contributed by atoms with E-state index < -0.39 is 0 Å². The van der Waals surface area contributed by atoms with E-state index in [2.05, 4.69) is 37.4 Å². The largest absolute Gasteiger partial charge is 0.392 e. The molecule has 0 amide bonds. The number of aryl methyl sites for hydroxylation is 1. The molecule has 4 nitrogen and oxygen atoms in total. The van der Waals surface area contributed by atoms with Gasteiger partial charge in [0.25, 0.3) is 0 Å². The molecule has 0 saturated carbocycles. The highest BCUT2D eigenvalue weighted by atomic mass is 16.3. The molecule has 21 heavy (non-hydrogen) atoms. The Balaban J connectivity index is 1.97. The zero-order chi connectivity index (χ0) is 15.5. The molecule has 4 heteroatoms. The van der Waals surface area contributed by atoms with Crippen LogP contribution in [0.3, 0.4) is 0 Å². The highest BCUT2D eigenvalue weighted by Gasteiger charge is 2.21. The van der Waals surface area contributed by atoms with Crippen LogP contribution >= 0.6 is 0 Å². The van der Waals surface area contributed by atoms with Gasteiger partial charge in [0.1, 0.15) is 0 Å². The second-order valence-electron chi connectivity index (χ2n) is 6.50. The average Bonchev–Trinajstić information content (AvgIpc) is 2.81. The molecular weight excluding hydrogens is 262 g/mol. The third-order valence-corrected chi connectivity index (χ3v) is 3.47. The van der Waals surface area contributed by atoms with Gasteiger partial charge in [-0.2, -0.15) is 5.10 Å². The molecule has 0 unspecified atom stereocenters. The minimum absolute atomic E-state index is 0.0566. The van der Waals surface area contributed by atoms with Crippen molar-refractivity contribution in [3.05, 3.63) is 52.8 Å².